The van der Waals surface area contributed by atoms with Crippen molar-refractivity contribution in [2.75, 3.05) is 26.3 Å². The Kier molecular flexibility index (Phi) is 4.21. The highest BCUT2D eigenvalue weighted by Crippen LogP contribution is 2.08. The van der Waals surface area contributed by atoms with Gasteiger partial charge in [-0.15, -0.1) is 0 Å². The van der Waals surface area contributed by atoms with Crippen LogP contribution in [0.3, 0.4) is 0 Å². The monoisotopic (exact) mass is 208 g/mol. The molecule has 82 valence electrons. The number of ether oxygens (including phenoxy) is 1. The van der Waals surface area contributed by atoms with Gasteiger partial charge in [0.15, 0.2) is 0 Å². The van der Waals surface area contributed by atoms with Crippen molar-refractivity contribution in [1.29, 1.82) is 0 Å². The fourth-order valence-electron chi connectivity index (χ4n) is 1.37. The average Bonchev–Trinajstić information content (AvgIpc) is 2.39. The maximum absolute atomic E-state index is 11.6. The molecule has 1 aliphatic rings. The van der Waals surface area contributed by atoms with E-state index in [1.54, 1.807) is 0 Å². The number of halogens is 2. The van der Waals surface area contributed by atoms with Crippen molar-refractivity contribution < 1.29 is 18.3 Å². The average molecular weight is 208 g/mol. The molecule has 14 heavy (non-hydrogen) atoms. The van der Waals surface area contributed by atoms with E-state index in [0.29, 0.717) is 19.5 Å². The SMILES string of the molecule is NC1CC(=O)N(CCOCC(F)F)C1. The molecule has 0 saturated carbocycles. The zero-order valence-electron chi connectivity index (χ0n) is 7.79. The van der Waals surface area contributed by atoms with Gasteiger partial charge in [0.1, 0.15) is 6.61 Å². The third-order valence-corrected chi connectivity index (χ3v) is 1.99. The van der Waals surface area contributed by atoms with Crippen LogP contribution in [0.5, 0.6) is 0 Å². The van der Waals surface area contributed by atoms with Gasteiger partial charge in [-0.1, -0.05) is 0 Å². The van der Waals surface area contributed by atoms with Gasteiger partial charge in [0.2, 0.25) is 5.91 Å². The summed E-state index contributed by atoms with van der Waals surface area (Å²) in [6.45, 7) is 0.410. The van der Waals surface area contributed by atoms with Crippen molar-refractivity contribution in [3.8, 4) is 0 Å². The molecule has 1 rings (SSSR count). The number of rotatable bonds is 5. The standard InChI is InChI=1S/C8H14F2N2O2/c9-7(10)5-14-2-1-12-4-6(11)3-8(12)13/h6-7H,1-5,11H2. The minimum atomic E-state index is -2.45. The van der Waals surface area contributed by atoms with Gasteiger partial charge < -0.3 is 15.4 Å². The second-order valence-corrected chi connectivity index (χ2v) is 3.27. The Bertz CT molecular complexity index is 202. The summed E-state index contributed by atoms with van der Waals surface area (Å²) in [6, 6.07) is -0.127. The van der Waals surface area contributed by atoms with Crippen molar-refractivity contribution in [3.63, 3.8) is 0 Å². The third kappa shape index (κ3) is 3.55. The minimum absolute atomic E-state index is 0.0295. The van der Waals surface area contributed by atoms with Gasteiger partial charge in [0.05, 0.1) is 6.61 Å². The lowest BCUT2D eigenvalue weighted by Gasteiger charge is -2.15. The zero-order valence-corrected chi connectivity index (χ0v) is 7.79. The molecule has 1 saturated heterocycles. The summed E-state index contributed by atoms with van der Waals surface area (Å²) in [4.78, 5) is 12.7. The lowest BCUT2D eigenvalue weighted by atomic mass is 10.3. The molecule has 0 aromatic rings. The molecule has 2 N–H and O–H groups in total. The van der Waals surface area contributed by atoms with Crippen LogP contribution < -0.4 is 5.73 Å². The topological polar surface area (TPSA) is 55.6 Å². The van der Waals surface area contributed by atoms with Crippen molar-refractivity contribution >= 4 is 5.91 Å². The Morgan fingerprint density at radius 3 is 2.86 bits per heavy atom. The van der Waals surface area contributed by atoms with E-state index in [2.05, 4.69) is 4.74 Å². The predicted octanol–water partition coefficient (Wildman–Crippen LogP) is -0.172. The van der Waals surface area contributed by atoms with E-state index in [-0.39, 0.29) is 18.6 Å². The molecule has 0 radical (unpaired) electrons. The van der Waals surface area contributed by atoms with E-state index in [1.807, 2.05) is 0 Å². The molecule has 1 atom stereocenters. The van der Waals surface area contributed by atoms with Crippen LogP contribution in [-0.2, 0) is 9.53 Å². The molecule has 0 aliphatic carbocycles. The number of carbonyl (C=O) groups is 1. The summed E-state index contributed by atoms with van der Waals surface area (Å²) in [5.41, 5.74) is 5.54. The van der Waals surface area contributed by atoms with Crippen LogP contribution in [0.2, 0.25) is 0 Å². The smallest absolute Gasteiger partial charge is 0.261 e. The fraction of sp³-hybridized carbons (Fsp3) is 0.875. The highest BCUT2D eigenvalue weighted by atomic mass is 19.3. The summed E-state index contributed by atoms with van der Waals surface area (Å²) >= 11 is 0. The van der Waals surface area contributed by atoms with Crippen molar-refractivity contribution in [1.82, 2.24) is 4.90 Å². The largest absolute Gasteiger partial charge is 0.374 e. The van der Waals surface area contributed by atoms with E-state index in [9.17, 15) is 13.6 Å². The number of alkyl halides is 2. The zero-order chi connectivity index (χ0) is 10.6. The summed E-state index contributed by atoms with van der Waals surface area (Å²) in [5, 5.41) is 0. The molecular formula is C8H14F2N2O2. The normalized spacial score (nSPS) is 22.4. The van der Waals surface area contributed by atoms with Gasteiger partial charge in [0, 0.05) is 25.6 Å². The maximum Gasteiger partial charge on any atom is 0.261 e. The number of likely N-dealkylation sites (tertiary alicyclic amines) is 1. The van der Waals surface area contributed by atoms with Crippen LogP contribution in [0.15, 0.2) is 0 Å². The second kappa shape index (κ2) is 5.21. The Balaban J connectivity index is 2.10. The summed E-state index contributed by atoms with van der Waals surface area (Å²) in [6.07, 6.45) is -2.11. The molecule has 1 amide bonds. The van der Waals surface area contributed by atoms with E-state index >= 15 is 0 Å². The maximum atomic E-state index is 11.6. The molecule has 4 nitrogen and oxygen atoms in total. The van der Waals surface area contributed by atoms with Crippen LogP contribution in [0.4, 0.5) is 8.78 Å². The molecule has 0 aromatic heterocycles. The molecule has 0 spiro atoms. The fourth-order valence-corrected chi connectivity index (χ4v) is 1.37. The van der Waals surface area contributed by atoms with Gasteiger partial charge in [-0.25, -0.2) is 8.78 Å². The van der Waals surface area contributed by atoms with E-state index in [4.69, 9.17) is 5.73 Å². The first-order chi connectivity index (χ1) is 6.59. The highest BCUT2D eigenvalue weighted by molar-refractivity contribution is 5.79. The van der Waals surface area contributed by atoms with Crippen LogP contribution in [0, 0.1) is 0 Å². The van der Waals surface area contributed by atoms with E-state index in [0.717, 1.165) is 0 Å². The van der Waals surface area contributed by atoms with E-state index in [1.165, 1.54) is 4.90 Å². The lowest BCUT2D eigenvalue weighted by molar-refractivity contribution is -0.128. The number of carbonyl (C=O) groups excluding carboxylic acids is 1. The third-order valence-electron chi connectivity index (χ3n) is 1.99. The number of hydrogen-bond donors (Lipinski definition) is 1. The molecule has 0 bridgehead atoms. The second-order valence-electron chi connectivity index (χ2n) is 3.27. The Labute approximate surface area is 81.0 Å². The van der Waals surface area contributed by atoms with Gasteiger partial charge in [-0.05, 0) is 0 Å². The number of nitrogens with two attached hydrogens (primary N) is 1. The molecule has 1 fully saturated rings. The first kappa shape index (κ1) is 11.3. The molecule has 1 heterocycles. The highest BCUT2D eigenvalue weighted by Gasteiger charge is 2.26. The molecule has 0 aromatic carbocycles. The van der Waals surface area contributed by atoms with Crippen LogP contribution >= 0.6 is 0 Å². The van der Waals surface area contributed by atoms with E-state index < -0.39 is 13.0 Å². The molecular weight excluding hydrogens is 194 g/mol. The Morgan fingerprint density at radius 1 is 1.64 bits per heavy atom. The number of hydrogen-bond acceptors (Lipinski definition) is 3. The predicted molar refractivity (Wildman–Crippen MR) is 46.0 cm³/mol. The molecule has 6 heteroatoms. The van der Waals surface area contributed by atoms with Crippen LogP contribution in [0.25, 0.3) is 0 Å². The van der Waals surface area contributed by atoms with Crippen molar-refractivity contribution in [2.24, 2.45) is 5.73 Å². The van der Waals surface area contributed by atoms with Gasteiger partial charge in [0.25, 0.3) is 6.43 Å². The van der Waals surface area contributed by atoms with Crippen molar-refractivity contribution in [2.45, 2.75) is 18.9 Å². The van der Waals surface area contributed by atoms with Gasteiger partial charge in [-0.2, -0.15) is 0 Å². The summed E-state index contributed by atoms with van der Waals surface area (Å²) < 4.78 is 28.0. The van der Waals surface area contributed by atoms with Gasteiger partial charge in [-0.3, -0.25) is 4.79 Å². The van der Waals surface area contributed by atoms with Crippen LogP contribution in [0.1, 0.15) is 6.42 Å². The molecule has 1 aliphatic heterocycles. The number of amides is 1. The van der Waals surface area contributed by atoms with Crippen LogP contribution in [-0.4, -0.2) is 49.6 Å². The first-order valence-electron chi connectivity index (χ1n) is 4.49. The minimum Gasteiger partial charge on any atom is -0.374 e. The van der Waals surface area contributed by atoms with Crippen molar-refractivity contribution in [3.05, 3.63) is 0 Å². The Hall–Kier alpha value is -0.750. The van der Waals surface area contributed by atoms with Gasteiger partial charge >= 0.3 is 0 Å². The molecule has 1 unspecified atom stereocenters. The first-order valence-corrected chi connectivity index (χ1v) is 4.49. The Morgan fingerprint density at radius 2 is 2.36 bits per heavy atom. The lowest BCUT2D eigenvalue weighted by Crippen LogP contribution is -2.31. The number of nitrogens with zero attached hydrogens (tertiary/aromatic N) is 1. The quantitative estimate of drug-likeness (QED) is 0.638. The summed E-state index contributed by atoms with van der Waals surface area (Å²) in [5.74, 6) is -0.0295. The summed E-state index contributed by atoms with van der Waals surface area (Å²) in [7, 11) is 0.